The smallest absolute Gasteiger partial charge is 0.335 e. The van der Waals surface area contributed by atoms with Crippen LogP contribution in [0.1, 0.15) is 21.5 Å². The summed E-state index contributed by atoms with van der Waals surface area (Å²) in [5, 5.41) is 9.50. The Morgan fingerprint density at radius 3 is 2.62 bits per heavy atom. The van der Waals surface area contributed by atoms with E-state index in [2.05, 4.69) is 20.9 Å². The highest BCUT2D eigenvalue weighted by molar-refractivity contribution is 9.10. The zero-order valence-corrected chi connectivity index (χ0v) is 20.3. The maximum absolute atomic E-state index is 14.0. The van der Waals surface area contributed by atoms with Crippen molar-refractivity contribution in [2.24, 2.45) is 4.99 Å². The van der Waals surface area contributed by atoms with Gasteiger partial charge in [0.25, 0.3) is 5.91 Å². The third kappa shape index (κ3) is 5.37. The van der Waals surface area contributed by atoms with E-state index in [0.29, 0.717) is 32.6 Å². The van der Waals surface area contributed by atoms with E-state index in [9.17, 15) is 14.0 Å². The van der Waals surface area contributed by atoms with Gasteiger partial charge in [-0.3, -0.25) is 9.69 Å². The number of likely N-dealkylation sites (N-methyl/N-ethyl adjacent to an activating group) is 1. The van der Waals surface area contributed by atoms with Gasteiger partial charge in [0, 0.05) is 22.6 Å². The minimum absolute atomic E-state index is 0.0461. The Labute approximate surface area is 207 Å². The van der Waals surface area contributed by atoms with Crippen molar-refractivity contribution in [1.29, 1.82) is 0 Å². The normalized spacial score (nSPS) is 15.9. The summed E-state index contributed by atoms with van der Waals surface area (Å²) in [5.41, 5.74) is 1.77. The van der Waals surface area contributed by atoms with Crippen LogP contribution in [-0.4, -0.2) is 34.1 Å². The molecule has 6 nitrogen and oxygen atoms in total. The molecule has 0 aliphatic carbocycles. The molecular weight excluding hydrogens is 523 g/mol. The van der Waals surface area contributed by atoms with Gasteiger partial charge < -0.3 is 9.84 Å². The summed E-state index contributed by atoms with van der Waals surface area (Å²) < 4.78 is 20.6. The summed E-state index contributed by atoms with van der Waals surface area (Å²) >= 11 is 4.64. The number of ether oxygens (including phenoxy) is 1. The number of thioether (sulfide) groups is 1. The third-order valence-electron chi connectivity index (χ3n) is 4.94. The van der Waals surface area contributed by atoms with E-state index in [-0.39, 0.29) is 23.9 Å². The first-order chi connectivity index (χ1) is 16.3. The molecule has 3 aromatic rings. The van der Waals surface area contributed by atoms with E-state index >= 15 is 0 Å². The highest BCUT2D eigenvalue weighted by Gasteiger charge is 2.30. The SMILES string of the molecule is CN1C(=O)/C(=C/c2cc(Br)ccc2OCc2ccccc2F)SC1=Nc1ccc(C(=O)O)cc1. The minimum atomic E-state index is -1.02. The van der Waals surface area contributed by atoms with E-state index < -0.39 is 5.97 Å². The first-order valence-corrected chi connectivity index (χ1v) is 11.7. The van der Waals surface area contributed by atoms with Crippen LogP contribution in [-0.2, 0) is 11.4 Å². The quantitative estimate of drug-likeness (QED) is 0.382. The average Bonchev–Trinajstić information content (AvgIpc) is 3.07. The van der Waals surface area contributed by atoms with Crippen molar-refractivity contribution in [2.75, 3.05) is 7.05 Å². The fourth-order valence-corrected chi connectivity index (χ4v) is 4.47. The fraction of sp³-hybridized carbons (Fsp3) is 0.0800. The molecule has 172 valence electrons. The van der Waals surface area contributed by atoms with Gasteiger partial charge in [-0.25, -0.2) is 14.2 Å². The summed E-state index contributed by atoms with van der Waals surface area (Å²) in [5.74, 6) is -1.09. The number of aliphatic imine (C=N–C) groups is 1. The van der Waals surface area contributed by atoms with Crippen molar-refractivity contribution in [3.8, 4) is 5.75 Å². The van der Waals surface area contributed by atoms with Crippen molar-refractivity contribution in [3.05, 3.63) is 98.6 Å². The molecule has 0 saturated carbocycles. The van der Waals surface area contributed by atoms with Gasteiger partial charge in [-0.05, 0) is 66.4 Å². The third-order valence-corrected chi connectivity index (χ3v) is 6.50. The fourth-order valence-electron chi connectivity index (χ4n) is 3.12. The number of hydrogen-bond acceptors (Lipinski definition) is 5. The number of rotatable bonds is 6. The second-order valence-electron chi connectivity index (χ2n) is 7.28. The molecule has 34 heavy (non-hydrogen) atoms. The topological polar surface area (TPSA) is 79.2 Å². The molecule has 3 aromatic carbocycles. The number of hydrogen-bond donors (Lipinski definition) is 1. The molecule has 1 saturated heterocycles. The van der Waals surface area contributed by atoms with Crippen LogP contribution >= 0.6 is 27.7 Å². The van der Waals surface area contributed by atoms with E-state index in [4.69, 9.17) is 9.84 Å². The van der Waals surface area contributed by atoms with Gasteiger partial charge in [-0.15, -0.1) is 0 Å². The van der Waals surface area contributed by atoms with Crippen LogP contribution < -0.4 is 4.74 Å². The van der Waals surface area contributed by atoms with Crippen molar-refractivity contribution in [3.63, 3.8) is 0 Å². The highest BCUT2D eigenvalue weighted by atomic mass is 79.9. The standard InChI is InChI=1S/C25H18BrFN2O4S/c1-29-23(30)22(34-25(29)28-19-9-6-15(7-10-19)24(31)32)13-17-12-18(26)8-11-21(17)33-14-16-4-2-3-5-20(16)27/h2-13H,14H2,1H3,(H,31,32)/b22-13-,28-25?. The molecule has 0 spiro atoms. The Kier molecular flexibility index (Phi) is 7.14. The van der Waals surface area contributed by atoms with E-state index in [1.807, 2.05) is 12.1 Å². The van der Waals surface area contributed by atoms with Gasteiger partial charge in [0.05, 0.1) is 16.2 Å². The number of carboxylic acid groups (broad SMARTS) is 1. The molecule has 1 aliphatic rings. The number of amidine groups is 1. The van der Waals surface area contributed by atoms with Gasteiger partial charge in [-0.1, -0.05) is 34.1 Å². The second kappa shape index (κ2) is 10.2. The molecule has 1 aliphatic heterocycles. The first-order valence-electron chi connectivity index (χ1n) is 10.1. The molecule has 1 fully saturated rings. The van der Waals surface area contributed by atoms with Crippen LogP contribution in [0.4, 0.5) is 10.1 Å². The maximum Gasteiger partial charge on any atom is 0.335 e. The lowest BCUT2D eigenvalue weighted by molar-refractivity contribution is -0.121. The molecule has 0 aromatic heterocycles. The van der Waals surface area contributed by atoms with Gasteiger partial charge in [0.1, 0.15) is 18.2 Å². The number of aromatic carboxylic acids is 1. The van der Waals surface area contributed by atoms with Crippen LogP contribution in [0, 0.1) is 5.82 Å². The minimum Gasteiger partial charge on any atom is -0.488 e. The Hall–Kier alpha value is -3.43. The molecule has 1 heterocycles. The highest BCUT2D eigenvalue weighted by Crippen LogP contribution is 2.35. The number of carbonyl (C=O) groups excluding carboxylic acids is 1. The molecule has 9 heteroatoms. The zero-order valence-electron chi connectivity index (χ0n) is 17.9. The Morgan fingerprint density at radius 1 is 1.18 bits per heavy atom. The van der Waals surface area contributed by atoms with Crippen LogP contribution in [0.15, 0.2) is 81.1 Å². The lowest BCUT2D eigenvalue weighted by Crippen LogP contribution is -2.23. The van der Waals surface area contributed by atoms with Gasteiger partial charge in [-0.2, -0.15) is 0 Å². The summed E-state index contributed by atoms with van der Waals surface area (Å²) in [6, 6.07) is 17.9. The lowest BCUT2D eigenvalue weighted by Gasteiger charge is -2.11. The number of amides is 1. The molecule has 0 bridgehead atoms. The largest absolute Gasteiger partial charge is 0.488 e. The zero-order chi connectivity index (χ0) is 24.2. The van der Waals surface area contributed by atoms with Gasteiger partial charge in [0.15, 0.2) is 5.17 Å². The van der Waals surface area contributed by atoms with E-state index in [1.54, 1.807) is 49.5 Å². The van der Waals surface area contributed by atoms with Crippen molar-refractivity contribution >= 4 is 56.5 Å². The number of nitrogens with zero attached hydrogens (tertiary/aromatic N) is 2. The molecule has 4 rings (SSSR count). The average molecular weight is 541 g/mol. The van der Waals surface area contributed by atoms with Gasteiger partial charge in [0.2, 0.25) is 0 Å². The Bertz CT molecular complexity index is 1320. The molecule has 1 N–H and O–H groups in total. The predicted octanol–water partition coefficient (Wildman–Crippen LogP) is 6.10. The number of carboxylic acids is 1. The molecular formula is C25H18BrFN2O4S. The maximum atomic E-state index is 14.0. The van der Waals surface area contributed by atoms with Crippen LogP contribution in [0.25, 0.3) is 6.08 Å². The van der Waals surface area contributed by atoms with E-state index in [1.165, 1.54) is 34.9 Å². The van der Waals surface area contributed by atoms with Crippen LogP contribution in [0.5, 0.6) is 5.75 Å². The predicted molar refractivity (Wildman–Crippen MR) is 134 cm³/mol. The molecule has 0 unspecified atom stereocenters. The molecule has 0 atom stereocenters. The first kappa shape index (κ1) is 23.7. The molecule has 0 radical (unpaired) electrons. The summed E-state index contributed by atoms with van der Waals surface area (Å²) in [7, 11) is 1.62. The van der Waals surface area contributed by atoms with Crippen LogP contribution in [0.3, 0.4) is 0 Å². The monoisotopic (exact) mass is 540 g/mol. The molecule has 1 amide bonds. The lowest BCUT2D eigenvalue weighted by atomic mass is 10.1. The summed E-state index contributed by atoms with van der Waals surface area (Å²) in [6.45, 7) is 0.0461. The summed E-state index contributed by atoms with van der Waals surface area (Å²) in [6.07, 6.45) is 1.71. The second-order valence-corrected chi connectivity index (χ2v) is 9.21. The van der Waals surface area contributed by atoms with Crippen molar-refractivity contribution in [1.82, 2.24) is 4.90 Å². The number of halogens is 2. The Morgan fingerprint density at radius 2 is 1.91 bits per heavy atom. The Balaban J connectivity index is 1.58. The van der Waals surface area contributed by atoms with Gasteiger partial charge >= 0.3 is 5.97 Å². The number of benzene rings is 3. The van der Waals surface area contributed by atoms with E-state index in [0.717, 1.165) is 4.47 Å². The summed E-state index contributed by atoms with van der Waals surface area (Å²) in [4.78, 5) is 30.2. The number of carbonyl (C=O) groups is 2. The van der Waals surface area contributed by atoms with Crippen molar-refractivity contribution in [2.45, 2.75) is 6.61 Å². The van der Waals surface area contributed by atoms with Crippen molar-refractivity contribution < 1.29 is 23.8 Å². The van der Waals surface area contributed by atoms with Crippen LogP contribution in [0.2, 0.25) is 0 Å².